The second kappa shape index (κ2) is 6.55. The third-order valence-electron chi connectivity index (χ3n) is 2.73. The first-order valence-electron chi connectivity index (χ1n) is 5.87. The highest BCUT2D eigenvalue weighted by atomic mass is 16.4. The largest absolute Gasteiger partial charge is 0.507 e. The Morgan fingerprint density at radius 2 is 1.90 bits per heavy atom. The van der Waals surface area contributed by atoms with Gasteiger partial charge in [-0.1, -0.05) is 12.1 Å². The van der Waals surface area contributed by atoms with Gasteiger partial charge in [-0.25, -0.2) is 4.79 Å². The van der Waals surface area contributed by atoms with Gasteiger partial charge in [0.25, 0.3) is 5.91 Å². The Labute approximate surface area is 114 Å². The fourth-order valence-electron chi connectivity index (χ4n) is 1.60. The Bertz CT molecular complexity index is 540. The number of carbonyl (C=O) groups is 3. The first-order chi connectivity index (χ1) is 9.32. The molecule has 1 atom stereocenters. The number of aliphatic carboxylic acids is 2. The lowest BCUT2D eigenvalue weighted by atomic mass is 10.1. The van der Waals surface area contributed by atoms with Crippen LogP contribution in [-0.2, 0) is 9.59 Å². The van der Waals surface area contributed by atoms with E-state index >= 15 is 0 Å². The summed E-state index contributed by atoms with van der Waals surface area (Å²) in [5, 5.41) is 29.4. The monoisotopic (exact) mass is 281 g/mol. The summed E-state index contributed by atoms with van der Waals surface area (Å²) >= 11 is 0. The predicted molar refractivity (Wildman–Crippen MR) is 68.6 cm³/mol. The molecule has 1 aromatic rings. The van der Waals surface area contributed by atoms with Gasteiger partial charge in [0.15, 0.2) is 0 Å². The van der Waals surface area contributed by atoms with Crippen molar-refractivity contribution in [3.8, 4) is 5.75 Å². The third-order valence-corrected chi connectivity index (χ3v) is 2.73. The van der Waals surface area contributed by atoms with E-state index in [1.54, 1.807) is 19.1 Å². The number of hydrogen-bond acceptors (Lipinski definition) is 4. The topological polar surface area (TPSA) is 124 Å². The maximum Gasteiger partial charge on any atom is 0.326 e. The van der Waals surface area contributed by atoms with Gasteiger partial charge >= 0.3 is 11.9 Å². The number of nitrogens with one attached hydrogen (secondary N) is 1. The molecule has 0 fully saturated rings. The van der Waals surface area contributed by atoms with Crippen LogP contribution in [-0.4, -0.2) is 39.2 Å². The Morgan fingerprint density at radius 1 is 1.25 bits per heavy atom. The highest BCUT2D eigenvalue weighted by Gasteiger charge is 2.23. The molecule has 108 valence electrons. The molecule has 0 spiro atoms. The molecule has 0 heterocycles. The summed E-state index contributed by atoms with van der Waals surface area (Å²) in [5.74, 6) is -3.47. The van der Waals surface area contributed by atoms with E-state index in [2.05, 4.69) is 5.32 Å². The van der Waals surface area contributed by atoms with Gasteiger partial charge in [0.2, 0.25) is 0 Å². The van der Waals surface area contributed by atoms with Crippen LogP contribution in [0.2, 0.25) is 0 Å². The summed E-state index contributed by atoms with van der Waals surface area (Å²) in [4.78, 5) is 33.3. The molecule has 7 heteroatoms. The Hall–Kier alpha value is -2.57. The van der Waals surface area contributed by atoms with Gasteiger partial charge in [-0.3, -0.25) is 9.59 Å². The van der Waals surface area contributed by atoms with E-state index in [1.807, 2.05) is 0 Å². The molecule has 1 aromatic carbocycles. The highest BCUT2D eigenvalue weighted by Crippen LogP contribution is 2.21. The van der Waals surface area contributed by atoms with Gasteiger partial charge in [-0.15, -0.1) is 0 Å². The Kier molecular flexibility index (Phi) is 5.08. The predicted octanol–water partition coefficient (Wildman–Crippen LogP) is 0.748. The number of benzene rings is 1. The van der Waals surface area contributed by atoms with Crippen molar-refractivity contribution in [1.29, 1.82) is 0 Å². The molecule has 0 unspecified atom stereocenters. The number of phenolic OH excluding ortho intramolecular Hbond substituents is 1. The molecule has 0 radical (unpaired) electrons. The Balaban J connectivity index is 2.83. The molecule has 0 aromatic heterocycles. The van der Waals surface area contributed by atoms with Crippen molar-refractivity contribution in [3.05, 3.63) is 29.3 Å². The summed E-state index contributed by atoms with van der Waals surface area (Å²) < 4.78 is 0. The number of amides is 1. The highest BCUT2D eigenvalue weighted by molar-refractivity contribution is 5.99. The van der Waals surface area contributed by atoms with Crippen LogP contribution >= 0.6 is 0 Å². The normalized spacial score (nSPS) is 11.7. The van der Waals surface area contributed by atoms with Crippen molar-refractivity contribution >= 4 is 17.8 Å². The van der Waals surface area contributed by atoms with Gasteiger partial charge in [0.1, 0.15) is 11.8 Å². The molecule has 20 heavy (non-hydrogen) atoms. The minimum absolute atomic E-state index is 0.0495. The van der Waals surface area contributed by atoms with Crippen molar-refractivity contribution in [2.24, 2.45) is 0 Å². The molecule has 7 nitrogen and oxygen atoms in total. The van der Waals surface area contributed by atoms with Crippen LogP contribution in [0.5, 0.6) is 5.75 Å². The molecular weight excluding hydrogens is 266 g/mol. The van der Waals surface area contributed by atoms with Crippen LogP contribution in [0.3, 0.4) is 0 Å². The fourth-order valence-corrected chi connectivity index (χ4v) is 1.60. The minimum Gasteiger partial charge on any atom is -0.507 e. The van der Waals surface area contributed by atoms with Crippen LogP contribution in [0.25, 0.3) is 0 Å². The van der Waals surface area contributed by atoms with Gasteiger partial charge < -0.3 is 20.6 Å². The number of carbonyl (C=O) groups excluding carboxylic acids is 1. The van der Waals surface area contributed by atoms with E-state index in [0.29, 0.717) is 5.56 Å². The zero-order valence-corrected chi connectivity index (χ0v) is 10.8. The van der Waals surface area contributed by atoms with E-state index in [0.717, 1.165) is 0 Å². The first-order valence-corrected chi connectivity index (χ1v) is 5.87. The summed E-state index contributed by atoms with van der Waals surface area (Å²) in [6.07, 6.45) is -0.611. The van der Waals surface area contributed by atoms with Crippen LogP contribution in [0, 0.1) is 6.92 Å². The number of rotatable bonds is 6. The lowest BCUT2D eigenvalue weighted by Crippen LogP contribution is -2.41. The molecule has 0 bridgehead atoms. The van der Waals surface area contributed by atoms with Crippen LogP contribution < -0.4 is 5.32 Å². The molecule has 0 saturated heterocycles. The van der Waals surface area contributed by atoms with Gasteiger partial charge in [-0.05, 0) is 25.0 Å². The number of para-hydroxylation sites is 1. The number of aromatic hydroxyl groups is 1. The zero-order valence-electron chi connectivity index (χ0n) is 10.8. The zero-order chi connectivity index (χ0) is 15.3. The van der Waals surface area contributed by atoms with Gasteiger partial charge in [0.05, 0.1) is 5.56 Å². The van der Waals surface area contributed by atoms with Crippen LogP contribution in [0.1, 0.15) is 28.8 Å². The first kappa shape index (κ1) is 15.5. The van der Waals surface area contributed by atoms with Gasteiger partial charge in [-0.2, -0.15) is 0 Å². The number of carboxylic acids is 2. The average molecular weight is 281 g/mol. The molecule has 0 saturated carbocycles. The third kappa shape index (κ3) is 3.98. The maximum atomic E-state index is 11.9. The lowest BCUT2D eigenvalue weighted by Gasteiger charge is -2.14. The summed E-state index contributed by atoms with van der Waals surface area (Å²) in [5.41, 5.74) is 0.432. The van der Waals surface area contributed by atoms with Crippen molar-refractivity contribution in [3.63, 3.8) is 0 Å². The van der Waals surface area contributed by atoms with Crippen LogP contribution in [0.15, 0.2) is 18.2 Å². The van der Waals surface area contributed by atoms with Crippen LogP contribution in [0.4, 0.5) is 0 Å². The quantitative estimate of drug-likeness (QED) is 0.610. The molecule has 1 amide bonds. The number of carboxylic acid groups (broad SMARTS) is 2. The van der Waals surface area contributed by atoms with Crippen molar-refractivity contribution in [2.75, 3.05) is 0 Å². The molecule has 0 aliphatic heterocycles. The number of phenols is 1. The van der Waals surface area contributed by atoms with E-state index in [1.165, 1.54) is 6.07 Å². The molecule has 0 aliphatic carbocycles. The molecule has 0 aliphatic rings. The van der Waals surface area contributed by atoms with E-state index < -0.39 is 23.9 Å². The molecule has 4 N–H and O–H groups in total. The Morgan fingerprint density at radius 3 is 2.45 bits per heavy atom. The maximum absolute atomic E-state index is 11.9. The summed E-state index contributed by atoms with van der Waals surface area (Å²) in [6.45, 7) is 1.60. The fraction of sp³-hybridized carbons (Fsp3) is 0.308. The molecule has 1 rings (SSSR count). The second-order valence-electron chi connectivity index (χ2n) is 4.27. The number of hydrogen-bond donors (Lipinski definition) is 4. The standard InChI is InChI=1S/C13H15NO6/c1-7-3-2-4-8(11(7)17)12(18)14-9(13(19)20)5-6-10(15)16/h2-4,9,17H,5-6H2,1H3,(H,14,18)(H,15,16)(H,19,20)/t9-/m0/s1. The minimum atomic E-state index is -1.33. The second-order valence-corrected chi connectivity index (χ2v) is 4.27. The summed E-state index contributed by atoms with van der Waals surface area (Å²) in [6, 6.07) is 3.19. The lowest BCUT2D eigenvalue weighted by molar-refractivity contribution is -0.140. The van der Waals surface area contributed by atoms with Gasteiger partial charge in [0, 0.05) is 6.42 Å². The smallest absolute Gasteiger partial charge is 0.326 e. The molecular formula is C13H15NO6. The summed E-state index contributed by atoms with van der Waals surface area (Å²) in [7, 11) is 0. The van der Waals surface area contributed by atoms with E-state index in [-0.39, 0.29) is 24.2 Å². The number of aryl methyl sites for hydroxylation is 1. The average Bonchev–Trinajstić information content (AvgIpc) is 2.36. The van der Waals surface area contributed by atoms with E-state index in [4.69, 9.17) is 10.2 Å². The van der Waals surface area contributed by atoms with Crippen molar-refractivity contribution in [2.45, 2.75) is 25.8 Å². The van der Waals surface area contributed by atoms with E-state index in [9.17, 15) is 19.5 Å². The van der Waals surface area contributed by atoms with Crippen molar-refractivity contribution < 1.29 is 29.7 Å². The van der Waals surface area contributed by atoms with Crippen molar-refractivity contribution in [1.82, 2.24) is 5.32 Å². The SMILES string of the molecule is Cc1cccc(C(=O)N[C@@H](CCC(=O)O)C(=O)O)c1O.